The molecular formula is C20H38N4O3S. The molecule has 2 N–H and O–H groups in total. The predicted molar refractivity (Wildman–Crippen MR) is 115 cm³/mol. The van der Waals surface area contributed by atoms with E-state index in [0.29, 0.717) is 25.2 Å². The van der Waals surface area contributed by atoms with Crippen LogP contribution in [-0.2, 0) is 15.5 Å². The Morgan fingerprint density at radius 1 is 1.25 bits per heavy atom. The van der Waals surface area contributed by atoms with Crippen LogP contribution in [0.15, 0.2) is 4.99 Å². The molecule has 3 atom stereocenters. The van der Waals surface area contributed by atoms with Gasteiger partial charge in [-0.15, -0.1) is 0 Å². The lowest BCUT2D eigenvalue weighted by Crippen LogP contribution is -2.49. The summed E-state index contributed by atoms with van der Waals surface area (Å²) >= 11 is 0. The Kier molecular flexibility index (Phi) is 8.58. The molecule has 0 bridgehead atoms. The minimum absolute atomic E-state index is 0.239. The number of rotatable bonds is 7. The molecule has 1 amide bonds. The number of nitrogens with one attached hydrogen (secondary N) is 2. The van der Waals surface area contributed by atoms with Crippen LogP contribution >= 0.6 is 0 Å². The Labute approximate surface area is 172 Å². The van der Waals surface area contributed by atoms with Gasteiger partial charge in [-0.05, 0) is 52.9 Å². The summed E-state index contributed by atoms with van der Waals surface area (Å²) < 4.78 is 17.7. The molecule has 2 fully saturated rings. The van der Waals surface area contributed by atoms with Gasteiger partial charge < -0.3 is 20.3 Å². The highest BCUT2D eigenvalue weighted by Crippen LogP contribution is 2.28. The SMILES string of the molecule is CCS(=O)C1CCCC(NC(=NC)NCCN(C(=O)OC(C)(C)C)C2CC2)C1. The van der Waals surface area contributed by atoms with Crippen molar-refractivity contribution in [1.29, 1.82) is 0 Å². The highest BCUT2D eigenvalue weighted by Gasteiger charge is 2.35. The molecule has 0 saturated heterocycles. The molecule has 0 heterocycles. The van der Waals surface area contributed by atoms with Crippen LogP contribution in [0.5, 0.6) is 0 Å². The van der Waals surface area contributed by atoms with Crippen LogP contribution in [0.25, 0.3) is 0 Å². The molecule has 0 aliphatic heterocycles. The molecule has 0 aromatic heterocycles. The molecule has 0 aromatic rings. The van der Waals surface area contributed by atoms with E-state index in [4.69, 9.17) is 4.74 Å². The van der Waals surface area contributed by atoms with Crippen molar-refractivity contribution in [3.8, 4) is 0 Å². The summed E-state index contributed by atoms with van der Waals surface area (Å²) in [5, 5.41) is 7.07. The second kappa shape index (κ2) is 10.5. The first-order chi connectivity index (χ1) is 13.2. The first-order valence-electron chi connectivity index (χ1n) is 10.6. The van der Waals surface area contributed by atoms with Gasteiger partial charge in [0.1, 0.15) is 5.60 Å². The maximum atomic E-state index is 12.4. The van der Waals surface area contributed by atoms with Crippen molar-refractivity contribution < 1.29 is 13.7 Å². The number of nitrogens with zero attached hydrogens (tertiary/aromatic N) is 2. The number of aliphatic imine (C=N–C) groups is 1. The predicted octanol–water partition coefficient (Wildman–Crippen LogP) is 2.63. The highest BCUT2D eigenvalue weighted by atomic mass is 32.2. The maximum Gasteiger partial charge on any atom is 0.410 e. The molecule has 8 heteroatoms. The molecular weight excluding hydrogens is 376 g/mol. The molecule has 2 aliphatic carbocycles. The molecule has 162 valence electrons. The minimum atomic E-state index is -0.733. The van der Waals surface area contributed by atoms with Gasteiger partial charge in [-0.25, -0.2) is 4.79 Å². The van der Waals surface area contributed by atoms with Crippen molar-refractivity contribution in [2.24, 2.45) is 4.99 Å². The highest BCUT2D eigenvalue weighted by molar-refractivity contribution is 7.85. The van der Waals surface area contributed by atoms with Gasteiger partial charge in [-0.2, -0.15) is 0 Å². The van der Waals surface area contributed by atoms with Crippen molar-refractivity contribution in [3.63, 3.8) is 0 Å². The lowest BCUT2D eigenvalue weighted by Gasteiger charge is -2.30. The van der Waals surface area contributed by atoms with Gasteiger partial charge in [0, 0.05) is 54.0 Å². The average molecular weight is 415 g/mol. The molecule has 0 aromatic carbocycles. The topological polar surface area (TPSA) is 83.0 Å². The summed E-state index contributed by atoms with van der Waals surface area (Å²) in [6.07, 6.45) is 6.00. The number of hydrogen-bond acceptors (Lipinski definition) is 4. The fourth-order valence-electron chi connectivity index (χ4n) is 3.56. The summed E-state index contributed by atoms with van der Waals surface area (Å²) in [6, 6.07) is 0.598. The van der Waals surface area contributed by atoms with Crippen molar-refractivity contribution in [1.82, 2.24) is 15.5 Å². The Bertz CT molecular complexity index is 572. The Balaban J connectivity index is 1.79. The van der Waals surface area contributed by atoms with E-state index in [-0.39, 0.29) is 11.3 Å². The summed E-state index contributed by atoms with van der Waals surface area (Å²) in [5.41, 5.74) is -0.481. The van der Waals surface area contributed by atoms with E-state index in [1.54, 1.807) is 7.05 Å². The molecule has 2 rings (SSSR count). The van der Waals surface area contributed by atoms with Crippen LogP contribution in [0.4, 0.5) is 4.79 Å². The molecule has 7 nitrogen and oxygen atoms in total. The quantitative estimate of drug-likeness (QED) is 0.494. The van der Waals surface area contributed by atoms with Crippen molar-refractivity contribution in [3.05, 3.63) is 0 Å². The molecule has 0 radical (unpaired) electrons. The summed E-state index contributed by atoms with van der Waals surface area (Å²) in [7, 11) is 1.02. The third-order valence-corrected chi connectivity index (χ3v) is 6.85. The summed E-state index contributed by atoms with van der Waals surface area (Å²) in [5.74, 6) is 1.47. The van der Waals surface area contributed by atoms with E-state index in [1.165, 1.54) is 0 Å². The lowest BCUT2D eigenvalue weighted by molar-refractivity contribution is 0.0237. The molecule has 3 unspecified atom stereocenters. The normalized spacial score (nSPS) is 24.4. The molecule has 0 spiro atoms. The van der Waals surface area contributed by atoms with Gasteiger partial charge in [0.25, 0.3) is 0 Å². The van der Waals surface area contributed by atoms with Gasteiger partial charge >= 0.3 is 6.09 Å². The number of carbonyl (C=O) groups excluding carboxylic acids is 1. The van der Waals surface area contributed by atoms with Crippen LogP contribution in [0.2, 0.25) is 0 Å². The van der Waals surface area contributed by atoms with Gasteiger partial charge in [0.2, 0.25) is 0 Å². The number of carbonyl (C=O) groups is 1. The van der Waals surface area contributed by atoms with Gasteiger partial charge in [-0.3, -0.25) is 9.20 Å². The third-order valence-electron chi connectivity index (χ3n) is 5.11. The van der Waals surface area contributed by atoms with E-state index in [2.05, 4.69) is 15.6 Å². The van der Waals surface area contributed by atoms with Crippen molar-refractivity contribution in [2.75, 3.05) is 25.9 Å². The number of hydrogen-bond donors (Lipinski definition) is 2. The number of ether oxygens (including phenoxy) is 1. The van der Waals surface area contributed by atoms with E-state index in [1.807, 2.05) is 32.6 Å². The zero-order valence-electron chi connectivity index (χ0n) is 18.1. The van der Waals surface area contributed by atoms with Crippen LogP contribution in [0.1, 0.15) is 66.2 Å². The van der Waals surface area contributed by atoms with Gasteiger partial charge in [0.15, 0.2) is 5.96 Å². The zero-order chi connectivity index (χ0) is 20.7. The lowest BCUT2D eigenvalue weighted by atomic mass is 9.95. The molecule has 2 aliphatic rings. The number of guanidine groups is 1. The van der Waals surface area contributed by atoms with Gasteiger partial charge in [-0.1, -0.05) is 13.3 Å². The van der Waals surface area contributed by atoms with E-state index in [0.717, 1.165) is 50.2 Å². The standard InChI is InChI=1S/C20H38N4O3S/c1-6-28(26)17-9-7-8-15(14-17)23-18(21-5)22-12-13-24(16-10-11-16)19(25)27-20(2,3)4/h15-17H,6-14H2,1-5H3,(H2,21,22,23). The van der Waals surface area contributed by atoms with Gasteiger partial charge in [0.05, 0.1) is 0 Å². The van der Waals surface area contributed by atoms with Crippen molar-refractivity contribution in [2.45, 2.75) is 89.2 Å². The molecule has 28 heavy (non-hydrogen) atoms. The Hall–Kier alpha value is -1.31. The second-order valence-electron chi connectivity index (χ2n) is 8.70. The second-order valence-corrected chi connectivity index (χ2v) is 10.7. The minimum Gasteiger partial charge on any atom is -0.444 e. The van der Waals surface area contributed by atoms with Crippen LogP contribution in [0.3, 0.4) is 0 Å². The van der Waals surface area contributed by atoms with E-state index in [9.17, 15) is 9.00 Å². The maximum absolute atomic E-state index is 12.4. The number of amides is 1. The largest absolute Gasteiger partial charge is 0.444 e. The van der Waals surface area contributed by atoms with Crippen LogP contribution in [-0.4, -0.2) is 70.0 Å². The van der Waals surface area contributed by atoms with E-state index >= 15 is 0 Å². The third kappa shape index (κ3) is 7.60. The molecule has 2 saturated carbocycles. The first kappa shape index (κ1) is 23.0. The van der Waals surface area contributed by atoms with Crippen LogP contribution in [0, 0.1) is 0 Å². The average Bonchev–Trinajstić information content (AvgIpc) is 3.47. The fraction of sp³-hybridized carbons (Fsp3) is 0.900. The fourth-order valence-corrected chi connectivity index (χ4v) is 4.91. The summed E-state index contributed by atoms with van der Waals surface area (Å²) in [4.78, 5) is 18.6. The summed E-state index contributed by atoms with van der Waals surface area (Å²) in [6.45, 7) is 8.87. The monoisotopic (exact) mass is 414 g/mol. The Morgan fingerprint density at radius 3 is 2.54 bits per heavy atom. The van der Waals surface area contributed by atoms with Crippen molar-refractivity contribution >= 4 is 22.9 Å². The zero-order valence-corrected chi connectivity index (χ0v) is 18.9. The van der Waals surface area contributed by atoms with E-state index < -0.39 is 16.4 Å². The first-order valence-corrected chi connectivity index (χ1v) is 12.0. The van der Waals surface area contributed by atoms with Crippen LogP contribution < -0.4 is 10.6 Å². The Morgan fingerprint density at radius 2 is 1.96 bits per heavy atom. The smallest absolute Gasteiger partial charge is 0.410 e.